The Kier molecular flexibility index (Phi) is 4.72. The average Bonchev–Trinajstić information content (AvgIpc) is 2.43. The molecule has 3 N–H and O–H groups in total. The van der Waals surface area contributed by atoms with Crippen LogP contribution in [0.3, 0.4) is 0 Å². The van der Waals surface area contributed by atoms with Gasteiger partial charge in [-0.1, -0.05) is 26.7 Å². The van der Waals surface area contributed by atoms with E-state index in [-0.39, 0.29) is 16.6 Å². The highest BCUT2D eigenvalue weighted by molar-refractivity contribution is 7.89. The Morgan fingerprint density at radius 1 is 1.32 bits per heavy atom. The molecule has 1 saturated carbocycles. The van der Waals surface area contributed by atoms with Gasteiger partial charge in [-0.05, 0) is 30.4 Å². The monoisotopic (exact) mass is 327 g/mol. The molecule has 122 valence electrons. The summed E-state index contributed by atoms with van der Waals surface area (Å²) in [6.07, 6.45) is 3.18. The fourth-order valence-electron chi connectivity index (χ4n) is 2.95. The molecule has 0 bridgehead atoms. The van der Waals surface area contributed by atoms with Gasteiger partial charge in [-0.2, -0.15) is 0 Å². The third-order valence-electron chi connectivity index (χ3n) is 4.54. The summed E-state index contributed by atoms with van der Waals surface area (Å²) in [5, 5.41) is 19.5. The molecule has 1 fully saturated rings. The number of nitro groups is 1. The lowest BCUT2D eigenvalue weighted by Gasteiger charge is -2.35. The van der Waals surface area contributed by atoms with Crippen molar-refractivity contribution in [3.63, 3.8) is 0 Å². The second-order valence-corrected chi connectivity index (χ2v) is 7.56. The van der Waals surface area contributed by atoms with Gasteiger partial charge in [0, 0.05) is 12.1 Å². The summed E-state index contributed by atoms with van der Waals surface area (Å²) in [7, 11) is -3.96. The van der Waals surface area contributed by atoms with Crippen LogP contribution in [0.25, 0.3) is 0 Å². The minimum absolute atomic E-state index is 0.141. The molecule has 1 aromatic carbocycles. The van der Waals surface area contributed by atoms with Crippen LogP contribution in [0.4, 0.5) is 11.4 Å². The first-order valence-corrected chi connectivity index (χ1v) is 8.82. The first kappa shape index (κ1) is 16.7. The Morgan fingerprint density at radius 2 is 2.00 bits per heavy atom. The van der Waals surface area contributed by atoms with Gasteiger partial charge in [0.2, 0.25) is 10.0 Å². The zero-order valence-electron chi connectivity index (χ0n) is 12.7. The van der Waals surface area contributed by atoms with Crippen LogP contribution in [-0.2, 0) is 10.0 Å². The maximum absolute atomic E-state index is 11.3. The molecule has 22 heavy (non-hydrogen) atoms. The Hall–Kier alpha value is -1.67. The minimum Gasteiger partial charge on any atom is -0.376 e. The van der Waals surface area contributed by atoms with Crippen LogP contribution in [0.15, 0.2) is 23.1 Å². The van der Waals surface area contributed by atoms with Gasteiger partial charge in [-0.15, -0.1) is 0 Å². The molecular formula is C14H21N3O4S. The topological polar surface area (TPSA) is 115 Å². The molecule has 1 aliphatic carbocycles. The van der Waals surface area contributed by atoms with Gasteiger partial charge in [-0.3, -0.25) is 10.1 Å². The lowest BCUT2D eigenvalue weighted by atomic mass is 9.78. The van der Waals surface area contributed by atoms with Gasteiger partial charge < -0.3 is 5.32 Å². The summed E-state index contributed by atoms with van der Waals surface area (Å²) < 4.78 is 22.7. The van der Waals surface area contributed by atoms with Crippen molar-refractivity contribution in [2.45, 2.75) is 44.0 Å². The second kappa shape index (κ2) is 6.21. The number of anilines is 1. The van der Waals surface area contributed by atoms with E-state index in [1.165, 1.54) is 12.1 Å². The number of primary sulfonamides is 1. The van der Waals surface area contributed by atoms with E-state index >= 15 is 0 Å². The lowest BCUT2D eigenvalue weighted by Crippen LogP contribution is -2.35. The SMILES string of the molecule is C[C@@H]1[C@H](C)CCC[C@@H]1Nc1ccc(S(N)(=O)=O)cc1[N+](=O)[O-]. The number of hydrogen-bond donors (Lipinski definition) is 2. The molecule has 0 heterocycles. The highest BCUT2D eigenvalue weighted by Gasteiger charge is 2.29. The Bertz CT molecular complexity index is 675. The molecule has 0 spiro atoms. The number of hydrogen-bond acceptors (Lipinski definition) is 5. The number of sulfonamides is 1. The number of nitrogens with zero attached hydrogens (tertiary/aromatic N) is 1. The fraction of sp³-hybridized carbons (Fsp3) is 0.571. The van der Waals surface area contributed by atoms with Crippen LogP contribution in [-0.4, -0.2) is 19.4 Å². The van der Waals surface area contributed by atoms with E-state index in [1.807, 2.05) is 0 Å². The van der Waals surface area contributed by atoms with Crippen molar-refractivity contribution in [1.29, 1.82) is 0 Å². The van der Waals surface area contributed by atoms with E-state index in [2.05, 4.69) is 19.2 Å². The maximum Gasteiger partial charge on any atom is 0.293 e. The minimum atomic E-state index is -3.96. The second-order valence-electron chi connectivity index (χ2n) is 6.00. The molecule has 3 atom stereocenters. The number of nitro benzene ring substituents is 1. The molecule has 0 saturated heterocycles. The molecule has 0 unspecified atom stereocenters. The van der Waals surface area contributed by atoms with Gasteiger partial charge in [0.1, 0.15) is 5.69 Å². The van der Waals surface area contributed by atoms with Crippen molar-refractivity contribution < 1.29 is 13.3 Å². The zero-order chi connectivity index (χ0) is 16.5. The summed E-state index contributed by atoms with van der Waals surface area (Å²) in [5.74, 6) is 0.945. The van der Waals surface area contributed by atoms with Gasteiger partial charge in [-0.25, -0.2) is 13.6 Å². The fourth-order valence-corrected chi connectivity index (χ4v) is 3.48. The van der Waals surface area contributed by atoms with Crippen molar-refractivity contribution >= 4 is 21.4 Å². The molecule has 0 aromatic heterocycles. The molecule has 7 nitrogen and oxygen atoms in total. The number of rotatable bonds is 4. The summed E-state index contributed by atoms with van der Waals surface area (Å²) in [5.41, 5.74) is 0.0697. The Morgan fingerprint density at radius 3 is 2.59 bits per heavy atom. The quantitative estimate of drug-likeness (QED) is 0.651. The molecule has 1 aliphatic rings. The summed E-state index contributed by atoms with van der Waals surface area (Å²) in [6.45, 7) is 4.31. The van der Waals surface area contributed by atoms with E-state index in [1.54, 1.807) is 0 Å². The van der Waals surface area contributed by atoms with E-state index in [9.17, 15) is 18.5 Å². The van der Waals surface area contributed by atoms with Crippen molar-refractivity contribution in [3.05, 3.63) is 28.3 Å². The normalized spacial score (nSPS) is 25.7. The third-order valence-corrected chi connectivity index (χ3v) is 5.45. The predicted octanol–water partition coefficient (Wildman–Crippen LogP) is 2.48. The van der Waals surface area contributed by atoms with Crippen molar-refractivity contribution in [2.75, 3.05) is 5.32 Å². The van der Waals surface area contributed by atoms with Gasteiger partial charge >= 0.3 is 0 Å². The van der Waals surface area contributed by atoms with Crippen LogP contribution in [0.5, 0.6) is 0 Å². The maximum atomic E-state index is 11.3. The predicted molar refractivity (Wildman–Crippen MR) is 84.1 cm³/mol. The molecule has 0 radical (unpaired) electrons. The molecule has 2 rings (SSSR count). The first-order valence-electron chi connectivity index (χ1n) is 7.28. The lowest BCUT2D eigenvalue weighted by molar-refractivity contribution is -0.384. The molecule has 0 amide bonds. The van der Waals surface area contributed by atoms with Crippen LogP contribution in [0, 0.1) is 22.0 Å². The highest BCUT2D eigenvalue weighted by Crippen LogP contribution is 2.34. The average molecular weight is 327 g/mol. The molecule has 0 aliphatic heterocycles. The van der Waals surface area contributed by atoms with Crippen LogP contribution in [0.2, 0.25) is 0 Å². The first-order chi connectivity index (χ1) is 10.2. The van der Waals surface area contributed by atoms with Gasteiger partial charge in [0.25, 0.3) is 5.69 Å². The van der Waals surface area contributed by atoms with Crippen LogP contribution in [0.1, 0.15) is 33.1 Å². The van der Waals surface area contributed by atoms with Gasteiger partial charge in [0.05, 0.1) is 9.82 Å². The number of benzene rings is 1. The number of nitrogens with one attached hydrogen (secondary N) is 1. The largest absolute Gasteiger partial charge is 0.376 e. The highest BCUT2D eigenvalue weighted by atomic mass is 32.2. The Labute approximate surface area is 130 Å². The molecule has 8 heteroatoms. The summed E-state index contributed by atoms with van der Waals surface area (Å²) in [4.78, 5) is 10.4. The van der Waals surface area contributed by atoms with Crippen molar-refractivity contribution in [3.8, 4) is 0 Å². The third kappa shape index (κ3) is 3.56. The van der Waals surface area contributed by atoms with Crippen LogP contribution < -0.4 is 10.5 Å². The van der Waals surface area contributed by atoms with E-state index in [0.29, 0.717) is 17.5 Å². The zero-order valence-corrected chi connectivity index (χ0v) is 13.5. The van der Waals surface area contributed by atoms with E-state index < -0.39 is 14.9 Å². The standard InChI is InChI=1S/C14H21N3O4S/c1-9-4-3-5-12(10(9)2)16-13-7-6-11(22(15,20)21)8-14(13)17(18)19/h6-10,12,16H,3-5H2,1-2H3,(H2,15,20,21)/t9-,10-,12+/m1/s1. The van der Waals surface area contributed by atoms with E-state index in [0.717, 1.165) is 25.3 Å². The molecule has 1 aromatic rings. The van der Waals surface area contributed by atoms with Crippen molar-refractivity contribution in [1.82, 2.24) is 0 Å². The van der Waals surface area contributed by atoms with Crippen molar-refractivity contribution in [2.24, 2.45) is 17.0 Å². The Balaban J connectivity index is 2.33. The molecular weight excluding hydrogens is 306 g/mol. The smallest absolute Gasteiger partial charge is 0.293 e. The van der Waals surface area contributed by atoms with Gasteiger partial charge in [0.15, 0.2) is 0 Å². The van der Waals surface area contributed by atoms with Crippen LogP contribution >= 0.6 is 0 Å². The summed E-state index contributed by atoms with van der Waals surface area (Å²) in [6, 6.07) is 3.86. The number of nitrogens with two attached hydrogens (primary N) is 1. The van der Waals surface area contributed by atoms with E-state index in [4.69, 9.17) is 5.14 Å². The summed E-state index contributed by atoms with van der Waals surface area (Å²) >= 11 is 0.